The smallest absolute Gasteiger partial charge is 0.243 e. The Morgan fingerprint density at radius 3 is 2.78 bits per heavy atom. The second kappa shape index (κ2) is 6.36. The van der Waals surface area contributed by atoms with Crippen LogP contribution in [-0.2, 0) is 10.0 Å². The molecule has 1 saturated heterocycles. The van der Waals surface area contributed by atoms with Crippen molar-refractivity contribution in [3.63, 3.8) is 0 Å². The van der Waals surface area contributed by atoms with E-state index in [0.29, 0.717) is 33.9 Å². The molecule has 1 fully saturated rings. The quantitative estimate of drug-likeness (QED) is 0.796. The van der Waals surface area contributed by atoms with Gasteiger partial charge < -0.3 is 4.90 Å². The molecule has 5 nitrogen and oxygen atoms in total. The number of sulfonamides is 1. The molecular weight excluding hydrogens is 334 g/mol. The first kappa shape index (κ1) is 16.6. The Labute approximate surface area is 141 Å². The first-order chi connectivity index (χ1) is 10.9. The van der Waals surface area contributed by atoms with Crippen molar-refractivity contribution in [3.8, 4) is 0 Å². The Morgan fingerprint density at radius 1 is 1.26 bits per heavy atom. The summed E-state index contributed by atoms with van der Waals surface area (Å²) in [5.74, 6) is 0. The number of rotatable bonds is 3. The number of fused-ring (bicyclic) bond motifs is 1. The Morgan fingerprint density at radius 2 is 2.04 bits per heavy atom. The molecule has 2 heterocycles. The van der Waals surface area contributed by atoms with E-state index in [0.717, 1.165) is 12.8 Å². The maximum Gasteiger partial charge on any atom is 0.243 e. The molecule has 23 heavy (non-hydrogen) atoms. The molecule has 1 aliphatic heterocycles. The number of nitrogens with zero attached hydrogens (tertiary/aromatic N) is 3. The number of benzene rings is 1. The molecule has 0 saturated carbocycles. The summed E-state index contributed by atoms with van der Waals surface area (Å²) in [5, 5.41) is 1.61. The van der Waals surface area contributed by atoms with Crippen molar-refractivity contribution in [1.82, 2.24) is 14.2 Å². The highest BCUT2D eigenvalue weighted by atomic mass is 35.5. The van der Waals surface area contributed by atoms with Crippen LogP contribution >= 0.6 is 11.6 Å². The lowest BCUT2D eigenvalue weighted by Crippen LogP contribution is -2.47. The van der Waals surface area contributed by atoms with Gasteiger partial charge in [-0.25, -0.2) is 13.4 Å². The van der Waals surface area contributed by atoms with Crippen LogP contribution in [0.2, 0.25) is 5.15 Å². The van der Waals surface area contributed by atoms with Gasteiger partial charge in [-0.05, 0) is 39.1 Å². The van der Waals surface area contributed by atoms with Gasteiger partial charge in [0.05, 0.1) is 4.90 Å². The van der Waals surface area contributed by atoms with Crippen LogP contribution in [0.4, 0.5) is 0 Å². The van der Waals surface area contributed by atoms with Crippen molar-refractivity contribution in [2.75, 3.05) is 27.2 Å². The normalized spacial score (nSPS) is 20.3. The average Bonchev–Trinajstić information content (AvgIpc) is 2.55. The second-order valence-electron chi connectivity index (χ2n) is 6.08. The predicted octanol–water partition coefficient (Wildman–Crippen LogP) is 2.60. The van der Waals surface area contributed by atoms with Crippen LogP contribution in [0.5, 0.6) is 0 Å². The van der Waals surface area contributed by atoms with Gasteiger partial charge in [-0.1, -0.05) is 23.7 Å². The van der Waals surface area contributed by atoms with E-state index < -0.39 is 10.0 Å². The molecule has 0 aliphatic carbocycles. The topological polar surface area (TPSA) is 53.5 Å². The summed E-state index contributed by atoms with van der Waals surface area (Å²) >= 11 is 6.10. The van der Waals surface area contributed by atoms with E-state index in [4.69, 9.17) is 11.6 Å². The number of hydrogen-bond donors (Lipinski definition) is 0. The van der Waals surface area contributed by atoms with Gasteiger partial charge in [-0.2, -0.15) is 4.31 Å². The van der Waals surface area contributed by atoms with E-state index in [2.05, 4.69) is 9.88 Å². The van der Waals surface area contributed by atoms with E-state index >= 15 is 0 Å². The summed E-state index contributed by atoms with van der Waals surface area (Å²) in [5.41, 5.74) is 0. The maximum absolute atomic E-state index is 13.1. The minimum atomic E-state index is -3.55. The third kappa shape index (κ3) is 3.08. The van der Waals surface area contributed by atoms with Gasteiger partial charge in [-0.3, -0.25) is 0 Å². The van der Waals surface area contributed by atoms with Crippen molar-refractivity contribution in [3.05, 3.63) is 35.6 Å². The maximum atomic E-state index is 13.1. The monoisotopic (exact) mass is 353 g/mol. The molecule has 0 radical (unpaired) electrons. The van der Waals surface area contributed by atoms with Crippen LogP contribution in [-0.4, -0.2) is 55.8 Å². The van der Waals surface area contributed by atoms with Crippen LogP contribution in [0, 0.1) is 0 Å². The van der Waals surface area contributed by atoms with Crippen molar-refractivity contribution >= 4 is 32.4 Å². The molecule has 1 unspecified atom stereocenters. The second-order valence-corrected chi connectivity index (χ2v) is 8.34. The number of halogens is 1. The summed E-state index contributed by atoms with van der Waals surface area (Å²) in [6, 6.07) is 7.12. The number of pyridine rings is 1. The van der Waals surface area contributed by atoms with E-state index in [1.54, 1.807) is 34.8 Å². The van der Waals surface area contributed by atoms with Gasteiger partial charge >= 0.3 is 0 Å². The highest BCUT2D eigenvalue weighted by Crippen LogP contribution is 2.30. The van der Waals surface area contributed by atoms with E-state index in [9.17, 15) is 8.42 Å². The van der Waals surface area contributed by atoms with Crippen LogP contribution in [0.1, 0.15) is 12.8 Å². The van der Waals surface area contributed by atoms with E-state index in [1.165, 1.54) is 0 Å². The van der Waals surface area contributed by atoms with Crippen molar-refractivity contribution in [2.24, 2.45) is 0 Å². The Balaban J connectivity index is 2.05. The van der Waals surface area contributed by atoms with Gasteiger partial charge in [-0.15, -0.1) is 0 Å². The lowest BCUT2D eigenvalue weighted by Gasteiger charge is -2.35. The van der Waals surface area contributed by atoms with E-state index in [-0.39, 0.29) is 6.04 Å². The molecule has 3 rings (SSSR count). The zero-order valence-corrected chi connectivity index (χ0v) is 14.8. The molecule has 0 N–H and O–H groups in total. The lowest BCUT2D eigenvalue weighted by molar-refractivity contribution is 0.190. The van der Waals surface area contributed by atoms with Gasteiger partial charge in [0, 0.05) is 36.1 Å². The molecule has 1 aromatic carbocycles. The number of aromatic nitrogens is 1. The van der Waals surface area contributed by atoms with Gasteiger partial charge in [0.15, 0.2) is 0 Å². The summed E-state index contributed by atoms with van der Waals surface area (Å²) in [6.45, 7) is 1.08. The third-order valence-corrected chi connectivity index (χ3v) is 6.65. The highest BCUT2D eigenvalue weighted by molar-refractivity contribution is 7.89. The van der Waals surface area contributed by atoms with Crippen molar-refractivity contribution in [1.29, 1.82) is 0 Å². The molecule has 1 aliphatic rings. The SMILES string of the molecule is CN(C)C1CCCN(S(=O)(=O)c2cccc3c(Cl)nccc23)C1. The first-order valence-corrected chi connectivity index (χ1v) is 9.43. The molecule has 7 heteroatoms. The number of piperidine rings is 1. The first-order valence-electron chi connectivity index (χ1n) is 7.61. The van der Waals surface area contributed by atoms with E-state index in [1.807, 2.05) is 14.1 Å². The highest BCUT2D eigenvalue weighted by Gasteiger charge is 2.32. The summed E-state index contributed by atoms with van der Waals surface area (Å²) in [7, 11) is 0.429. The standard InChI is InChI=1S/C16H20ClN3O2S/c1-19(2)12-5-4-10-20(11-12)23(21,22)15-7-3-6-14-13(15)8-9-18-16(14)17/h3,6-9,12H,4-5,10-11H2,1-2H3. The molecule has 0 amide bonds. The zero-order valence-electron chi connectivity index (χ0n) is 13.2. The van der Waals surface area contributed by atoms with Crippen molar-refractivity contribution in [2.45, 2.75) is 23.8 Å². The number of likely N-dealkylation sites (N-methyl/N-ethyl adjacent to an activating group) is 1. The molecule has 2 aromatic rings. The van der Waals surface area contributed by atoms with Crippen LogP contribution in [0.15, 0.2) is 35.4 Å². The third-order valence-electron chi connectivity index (χ3n) is 4.42. The Hall–Kier alpha value is -1.21. The summed E-state index contributed by atoms with van der Waals surface area (Å²) in [4.78, 5) is 6.42. The van der Waals surface area contributed by atoms with Crippen molar-refractivity contribution < 1.29 is 8.42 Å². The number of hydrogen-bond acceptors (Lipinski definition) is 4. The summed E-state index contributed by atoms with van der Waals surface area (Å²) in [6.07, 6.45) is 3.43. The van der Waals surface area contributed by atoms with Gasteiger partial charge in [0.25, 0.3) is 0 Å². The molecule has 1 aromatic heterocycles. The minimum Gasteiger partial charge on any atom is -0.305 e. The van der Waals surface area contributed by atoms with Gasteiger partial charge in [0.2, 0.25) is 10.0 Å². The zero-order chi connectivity index (χ0) is 16.6. The predicted molar refractivity (Wildman–Crippen MR) is 92.2 cm³/mol. The fourth-order valence-electron chi connectivity index (χ4n) is 3.07. The minimum absolute atomic E-state index is 0.249. The molecule has 1 atom stereocenters. The van der Waals surface area contributed by atoms with Crippen LogP contribution in [0.25, 0.3) is 10.8 Å². The molecular formula is C16H20ClN3O2S. The van der Waals surface area contributed by atoms with Gasteiger partial charge in [0.1, 0.15) is 5.15 Å². The lowest BCUT2D eigenvalue weighted by atomic mass is 10.1. The van der Waals surface area contributed by atoms with Crippen LogP contribution < -0.4 is 0 Å². The fraction of sp³-hybridized carbons (Fsp3) is 0.438. The van der Waals surface area contributed by atoms with Crippen LogP contribution in [0.3, 0.4) is 0 Å². The molecule has 0 bridgehead atoms. The Kier molecular flexibility index (Phi) is 4.60. The molecule has 0 spiro atoms. The largest absolute Gasteiger partial charge is 0.305 e. The molecule has 124 valence electrons. The Bertz CT molecular complexity index is 823. The summed E-state index contributed by atoms with van der Waals surface area (Å²) < 4.78 is 27.8. The fourth-order valence-corrected chi connectivity index (χ4v) is 5.01. The average molecular weight is 354 g/mol.